The van der Waals surface area contributed by atoms with Crippen molar-refractivity contribution < 1.29 is 9.84 Å². The van der Waals surface area contributed by atoms with E-state index in [1.807, 2.05) is 0 Å². The van der Waals surface area contributed by atoms with E-state index >= 15 is 0 Å². The van der Waals surface area contributed by atoms with Crippen LogP contribution in [0.15, 0.2) is 0 Å². The molecule has 1 atom stereocenters. The van der Waals surface area contributed by atoms with Crippen molar-refractivity contribution in [2.24, 2.45) is 11.8 Å². The van der Waals surface area contributed by atoms with E-state index in [4.69, 9.17) is 4.74 Å². The summed E-state index contributed by atoms with van der Waals surface area (Å²) in [6, 6.07) is 0. The minimum absolute atomic E-state index is 0.449. The highest BCUT2D eigenvalue weighted by Gasteiger charge is 2.31. The van der Waals surface area contributed by atoms with Crippen LogP contribution in [0.4, 0.5) is 0 Å². The minimum atomic E-state index is -0.449. The third-order valence-electron chi connectivity index (χ3n) is 2.75. The molecule has 2 heteroatoms. The first-order valence-electron chi connectivity index (χ1n) is 4.66. The van der Waals surface area contributed by atoms with Crippen LogP contribution in [0.25, 0.3) is 0 Å². The van der Waals surface area contributed by atoms with Gasteiger partial charge in [-0.15, -0.1) is 0 Å². The Morgan fingerprint density at radius 3 is 2.45 bits per heavy atom. The molecule has 2 aliphatic rings. The Labute approximate surface area is 67.6 Å². The van der Waals surface area contributed by atoms with Crippen molar-refractivity contribution in [1.29, 1.82) is 0 Å². The summed E-state index contributed by atoms with van der Waals surface area (Å²) in [5, 5.41) is 9.34. The van der Waals surface area contributed by atoms with Crippen LogP contribution in [0.3, 0.4) is 0 Å². The third-order valence-corrected chi connectivity index (χ3v) is 2.75. The minimum Gasteiger partial charge on any atom is -0.368 e. The van der Waals surface area contributed by atoms with E-state index in [1.165, 1.54) is 19.3 Å². The van der Waals surface area contributed by atoms with Gasteiger partial charge in [-0.05, 0) is 31.6 Å². The van der Waals surface area contributed by atoms with Gasteiger partial charge in [0.15, 0.2) is 6.29 Å². The molecule has 0 spiro atoms. The van der Waals surface area contributed by atoms with Gasteiger partial charge in [-0.25, -0.2) is 0 Å². The van der Waals surface area contributed by atoms with Crippen LogP contribution >= 0.6 is 0 Å². The fourth-order valence-electron chi connectivity index (χ4n) is 1.41. The Kier molecular flexibility index (Phi) is 2.14. The van der Waals surface area contributed by atoms with Crippen LogP contribution in [-0.4, -0.2) is 18.0 Å². The fourth-order valence-corrected chi connectivity index (χ4v) is 1.41. The average Bonchev–Trinajstić information content (AvgIpc) is 2.64. The number of hydrogen-bond donors (Lipinski definition) is 1. The Hall–Kier alpha value is -0.0800. The molecule has 0 heterocycles. The van der Waals surface area contributed by atoms with Crippen molar-refractivity contribution in [3.63, 3.8) is 0 Å². The molecule has 2 aliphatic carbocycles. The Balaban J connectivity index is 1.57. The zero-order chi connectivity index (χ0) is 7.68. The highest BCUT2D eigenvalue weighted by molar-refractivity contribution is 4.76. The molecule has 0 bridgehead atoms. The van der Waals surface area contributed by atoms with Gasteiger partial charge in [-0.3, -0.25) is 0 Å². The summed E-state index contributed by atoms with van der Waals surface area (Å²) >= 11 is 0. The smallest absolute Gasteiger partial charge is 0.157 e. The summed E-state index contributed by atoms with van der Waals surface area (Å²) < 4.78 is 5.33. The first-order chi connectivity index (χ1) is 5.36. The Morgan fingerprint density at radius 2 is 2.00 bits per heavy atom. The number of aliphatic hydroxyl groups excluding tert-OH is 1. The topological polar surface area (TPSA) is 29.5 Å². The molecular formula is C9H16O2. The molecule has 0 amide bonds. The summed E-state index contributed by atoms with van der Waals surface area (Å²) in [5.74, 6) is 1.22. The summed E-state index contributed by atoms with van der Waals surface area (Å²) in [7, 11) is 0. The summed E-state index contributed by atoms with van der Waals surface area (Å²) in [6.45, 7) is 0.789. The predicted molar refractivity (Wildman–Crippen MR) is 42.0 cm³/mol. The largest absolute Gasteiger partial charge is 0.368 e. The van der Waals surface area contributed by atoms with Crippen molar-refractivity contribution in [1.82, 2.24) is 0 Å². The average molecular weight is 156 g/mol. The summed E-state index contributed by atoms with van der Waals surface area (Å²) in [5.41, 5.74) is 0. The van der Waals surface area contributed by atoms with Crippen molar-refractivity contribution in [2.45, 2.75) is 38.4 Å². The lowest BCUT2D eigenvalue weighted by atomic mass is 9.86. The first kappa shape index (κ1) is 7.56. The van der Waals surface area contributed by atoms with Gasteiger partial charge in [0.1, 0.15) is 0 Å². The molecule has 0 aromatic rings. The van der Waals surface area contributed by atoms with Gasteiger partial charge < -0.3 is 9.84 Å². The van der Waals surface area contributed by atoms with Crippen LogP contribution in [0.5, 0.6) is 0 Å². The maximum Gasteiger partial charge on any atom is 0.157 e. The molecule has 2 nitrogen and oxygen atoms in total. The van der Waals surface area contributed by atoms with E-state index < -0.39 is 6.29 Å². The van der Waals surface area contributed by atoms with Gasteiger partial charge in [0.05, 0.1) is 6.61 Å². The van der Waals surface area contributed by atoms with E-state index in [1.54, 1.807) is 0 Å². The van der Waals surface area contributed by atoms with Crippen molar-refractivity contribution in [3.05, 3.63) is 0 Å². The van der Waals surface area contributed by atoms with Gasteiger partial charge in [0, 0.05) is 5.92 Å². The van der Waals surface area contributed by atoms with E-state index in [9.17, 15) is 5.11 Å². The van der Waals surface area contributed by atoms with Crippen LogP contribution in [0, 0.1) is 11.8 Å². The Morgan fingerprint density at radius 1 is 1.27 bits per heavy atom. The maximum absolute atomic E-state index is 9.34. The number of aliphatic hydroxyl groups is 1. The second kappa shape index (κ2) is 3.11. The molecule has 64 valence electrons. The molecular weight excluding hydrogens is 140 g/mol. The lowest BCUT2D eigenvalue weighted by molar-refractivity contribution is -0.128. The number of hydrogen-bond acceptors (Lipinski definition) is 2. The fraction of sp³-hybridized carbons (Fsp3) is 1.00. The normalized spacial score (nSPS) is 28.1. The quantitative estimate of drug-likeness (QED) is 0.625. The number of ether oxygens (including phenoxy) is 1. The van der Waals surface area contributed by atoms with Gasteiger partial charge >= 0.3 is 0 Å². The SMILES string of the molecule is OC(OCC1CCC1)C1CC1. The highest BCUT2D eigenvalue weighted by atomic mass is 16.6. The molecule has 1 unspecified atom stereocenters. The zero-order valence-electron chi connectivity index (χ0n) is 6.83. The lowest BCUT2D eigenvalue weighted by Gasteiger charge is -2.26. The van der Waals surface area contributed by atoms with Gasteiger partial charge in [-0.2, -0.15) is 0 Å². The molecule has 0 saturated heterocycles. The molecule has 2 saturated carbocycles. The van der Waals surface area contributed by atoms with Gasteiger partial charge in [0.25, 0.3) is 0 Å². The van der Waals surface area contributed by atoms with E-state index in [0.717, 1.165) is 25.4 Å². The first-order valence-corrected chi connectivity index (χ1v) is 4.66. The zero-order valence-corrected chi connectivity index (χ0v) is 6.83. The molecule has 0 aromatic heterocycles. The van der Waals surface area contributed by atoms with E-state index in [0.29, 0.717) is 5.92 Å². The molecule has 0 aliphatic heterocycles. The van der Waals surface area contributed by atoms with Gasteiger partial charge in [-0.1, -0.05) is 6.42 Å². The van der Waals surface area contributed by atoms with Crippen LogP contribution in [0.1, 0.15) is 32.1 Å². The van der Waals surface area contributed by atoms with Crippen molar-refractivity contribution >= 4 is 0 Å². The Bertz CT molecular complexity index is 128. The monoisotopic (exact) mass is 156 g/mol. The highest BCUT2D eigenvalue weighted by Crippen LogP contribution is 2.34. The molecule has 1 N–H and O–H groups in total. The molecule has 2 rings (SSSR count). The van der Waals surface area contributed by atoms with Crippen molar-refractivity contribution in [3.8, 4) is 0 Å². The summed E-state index contributed by atoms with van der Waals surface area (Å²) in [6.07, 6.45) is 5.83. The van der Waals surface area contributed by atoms with E-state index in [-0.39, 0.29) is 0 Å². The maximum atomic E-state index is 9.34. The second-order valence-corrected chi connectivity index (χ2v) is 3.86. The van der Waals surface area contributed by atoms with Crippen LogP contribution in [0.2, 0.25) is 0 Å². The van der Waals surface area contributed by atoms with Crippen molar-refractivity contribution in [2.75, 3.05) is 6.61 Å². The number of rotatable bonds is 4. The third kappa shape index (κ3) is 1.94. The molecule has 2 fully saturated rings. The van der Waals surface area contributed by atoms with Gasteiger partial charge in [0.2, 0.25) is 0 Å². The molecule has 0 radical (unpaired) electrons. The predicted octanol–water partition coefficient (Wildman–Crippen LogP) is 1.53. The lowest BCUT2D eigenvalue weighted by Crippen LogP contribution is -2.23. The summed E-state index contributed by atoms with van der Waals surface area (Å²) in [4.78, 5) is 0. The second-order valence-electron chi connectivity index (χ2n) is 3.86. The standard InChI is InChI=1S/C9H16O2/c10-9(8-4-5-8)11-6-7-2-1-3-7/h7-10H,1-6H2. The van der Waals surface area contributed by atoms with E-state index in [2.05, 4.69) is 0 Å². The molecule has 0 aromatic carbocycles. The van der Waals surface area contributed by atoms with Crippen LogP contribution in [-0.2, 0) is 4.74 Å². The van der Waals surface area contributed by atoms with Crippen LogP contribution < -0.4 is 0 Å². The molecule has 11 heavy (non-hydrogen) atoms.